The molecule has 1 rings (SSSR count). The Morgan fingerprint density at radius 3 is 1.10 bits per heavy atom. The second kappa shape index (κ2) is 27.7. The van der Waals surface area contributed by atoms with Crippen LogP contribution in [-0.2, 0) is 20.9 Å². The molecule has 0 fully saturated rings. The van der Waals surface area contributed by atoms with Crippen LogP contribution in [0.25, 0.3) is 0 Å². The summed E-state index contributed by atoms with van der Waals surface area (Å²) in [6, 6.07) is 9.88. The first-order valence-electron chi connectivity index (χ1n) is 16.6. The monoisotopic (exact) mass is 544 g/mol. The van der Waals surface area contributed by atoms with Crippen molar-refractivity contribution in [3.05, 3.63) is 35.9 Å². The van der Waals surface area contributed by atoms with Gasteiger partial charge in [0, 0.05) is 12.8 Å². The largest absolute Gasteiger partial charge is 0.481 e. The van der Waals surface area contributed by atoms with Crippen molar-refractivity contribution < 1.29 is 19.4 Å². The van der Waals surface area contributed by atoms with Gasteiger partial charge in [0.25, 0.3) is 0 Å². The van der Waals surface area contributed by atoms with Gasteiger partial charge in [0.15, 0.2) is 0 Å². The van der Waals surface area contributed by atoms with Gasteiger partial charge in [-0.15, -0.1) is 0 Å². The summed E-state index contributed by atoms with van der Waals surface area (Å²) in [5.74, 6) is -0.727. The molecule has 0 aliphatic heterocycles. The third kappa shape index (κ3) is 26.2. The summed E-state index contributed by atoms with van der Waals surface area (Å²) in [7, 11) is 0. The second-order valence-electron chi connectivity index (χ2n) is 11.5. The number of carbonyl (C=O) groups excluding carboxylic acids is 1. The third-order valence-corrected chi connectivity index (χ3v) is 7.76. The second-order valence-corrected chi connectivity index (χ2v) is 11.5. The summed E-state index contributed by atoms with van der Waals surface area (Å²) in [5, 5.41) is 8.62. The molecule has 0 aliphatic rings. The summed E-state index contributed by atoms with van der Waals surface area (Å²) in [6.07, 6.45) is 32.1. The highest BCUT2D eigenvalue weighted by Crippen LogP contribution is 2.16. The van der Waals surface area contributed by atoms with Gasteiger partial charge in [0.05, 0.1) is 0 Å². The molecule has 0 atom stereocenters. The number of ether oxygens (including phenoxy) is 1. The summed E-state index contributed by atoms with van der Waals surface area (Å²) < 4.78 is 5.34. The van der Waals surface area contributed by atoms with Crippen molar-refractivity contribution >= 4 is 11.9 Å². The fourth-order valence-corrected chi connectivity index (χ4v) is 5.24. The highest BCUT2D eigenvalue weighted by atomic mass is 16.5. The topological polar surface area (TPSA) is 63.6 Å². The van der Waals surface area contributed by atoms with E-state index in [-0.39, 0.29) is 5.97 Å². The number of hydrogen-bond acceptors (Lipinski definition) is 3. The van der Waals surface area contributed by atoms with Crippen LogP contribution in [0.3, 0.4) is 0 Å². The lowest BCUT2D eigenvalue weighted by atomic mass is 10.0. The average molecular weight is 545 g/mol. The van der Waals surface area contributed by atoms with Gasteiger partial charge in [0.2, 0.25) is 0 Å². The Morgan fingerprint density at radius 2 is 0.769 bits per heavy atom. The van der Waals surface area contributed by atoms with Crippen LogP contribution in [0.1, 0.15) is 173 Å². The minimum Gasteiger partial charge on any atom is -0.481 e. The Bertz CT molecular complexity index is 672. The molecule has 0 heterocycles. The molecule has 0 saturated carbocycles. The maximum Gasteiger partial charge on any atom is 0.306 e. The molecule has 0 saturated heterocycles. The maximum absolute atomic E-state index is 11.8. The molecule has 0 amide bonds. The quantitative estimate of drug-likeness (QED) is 0.0804. The van der Waals surface area contributed by atoms with E-state index in [9.17, 15) is 9.59 Å². The smallest absolute Gasteiger partial charge is 0.306 e. The van der Waals surface area contributed by atoms with Gasteiger partial charge in [-0.25, -0.2) is 0 Å². The van der Waals surface area contributed by atoms with Crippen molar-refractivity contribution in [3.8, 4) is 0 Å². The molecule has 0 aliphatic carbocycles. The van der Waals surface area contributed by atoms with Gasteiger partial charge in [-0.1, -0.05) is 172 Å². The van der Waals surface area contributed by atoms with Crippen LogP contribution in [0.4, 0.5) is 0 Å². The lowest BCUT2D eigenvalue weighted by Crippen LogP contribution is -2.04. The van der Waals surface area contributed by atoms with Crippen LogP contribution in [0, 0.1) is 0 Å². The SMILES string of the molecule is O=C(O)CCCCCCCCCCCCCCCCCCCCCCCCCCC(=O)OCc1ccccc1. The Labute approximate surface area is 240 Å². The van der Waals surface area contributed by atoms with E-state index < -0.39 is 5.97 Å². The predicted molar refractivity (Wildman–Crippen MR) is 164 cm³/mol. The van der Waals surface area contributed by atoms with Crippen molar-refractivity contribution in [1.29, 1.82) is 0 Å². The summed E-state index contributed by atoms with van der Waals surface area (Å²) >= 11 is 0. The van der Waals surface area contributed by atoms with Crippen LogP contribution in [-0.4, -0.2) is 17.0 Å². The zero-order valence-corrected chi connectivity index (χ0v) is 25.2. The minimum atomic E-state index is -0.658. The van der Waals surface area contributed by atoms with Crippen LogP contribution in [0.5, 0.6) is 0 Å². The van der Waals surface area contributed by atoms with Gasteiger partial charge < -0.3 is 9.84 Å². The van der Waals surface area contributed by atoms with Crippen molar-refractivity contribution in [2.45, 2.75) is 174 Å². The van der Waals surface area contributed by atoms with Gasteiger partial charge in [-0.05, 0) is 18.4 Å². The molecule has 0 aromatic heterocycles. The zero-order valence-electron chi connectivity index (χ0n) is 25.2. The Morgan fingerprint density at radius 1 is 0.462 bits per heavy atom. The first-order valence-corrected chi connectivity index (χ1v) is 16.6. The number of benzene rings is 1. The van der Waals surface area contributed by atoms with E-state index in [0.29, 0.717) is 19.4 Å². The van der Waals surface area contributed by atoms with Crippen LogP contribution in [0.2, 0.25) is 0 Å². The molecule has 4 heteroatoms. The van der Waals surface area contributed by atoms with Crippen LogP contribution < -0.4 is 0 Å². The van der Waals surface area contributed by atoms with Crippen molar-refractivity contribution in [2.24, 2.45) is 0 Å². The summed E-state index contributed by atoms with van der Waals surface area (Å²) in [6.45, 7) is 0.392. The fourth-order valence-electron chi connectivity index (χ4n) is 5.24. The molecular weight excluding hydrogens is 484 g/mol. The van der Waals surface area contributed by atoms with Gasteiger partial charge in [0.1, 0.15) is 6.61 Å². The molecule has 1 N–H and O–H groups in total. The van der Waals surface area contributed by atoms with Gasteiger partial charge in [-0.2, -0.15) is 0 Å². The zero-order chi connectivity index (χ0) is 28.1. The van der Waals surface area contributed by atoms with Crippen LogP contribution in [0.15, 0.2) is 30.3 Å². The number of carbonyl (C=O) groups is 2. The first-order chi connectivity index (χ1) is 19.2. The Kier molecular flexibility index (Phi) is 25.0. The molecule has 1 aromatic carbocycles. The molecule has 0 bridgehead atoms. The Balaban J connectivity index is 1.67. The van der Waals surface area contributed by atoms with E-state index in [1.807, 2.05) is 30.3 Å². The standard InChI is InChI=1S/C35H60O4/c36-34(37)30-26-21-19-17-15-13-11-9-7-5-3-1-2-4-6-8-10-12-14-16-18-20-22-27-31-35(38)39-32-33-28-24-23-25-29-33/h23-25,28-29H,1-22,26-27,30-32H2,(H,36,37). The highest BCUT2D eigenvalue weighted by Gasteiger charge is 2.03. The molecule has 0 spiro atoms. The Hall–Kier alpha value is -1.84. The number of unbranched alkanes of at least 4 members (excludes halogenated alkanes) is 23. The number of carboxylic acid groups (broad SMARTS) is 1. The molecule has 0 unspecified atom stereocenters. The number of hydrogen-bond donors (Lipinski definition) is 1. The van der Waals surface area contributed by atoms with Gasteiger partial charge in [-0.3, -0.25) is 9.59 Å². The number of esters is 1. The van der Waals surface area contributed by atoms with E-state index in [4.69, 9.17) is 9.84 Å². The number of rotatable bonds is 29. The fraction of sp³-hybridized carbons (Fsp3) is 0.771. The van der Waals surface area contributed by atoms with Crippen molar-refractivity contribution in [2.75, 3.05) is 0 Å². The normalized spacial score (nSPS) is 11.1. The summed E-state index contributed by atoms with van der Waals surface area (Å²) in [5.41, 5.74) is 1.05. The molecule has 224 valence electrons. The third-order valence-electron chi connectivity index (χ3n) is 7.76. The van der Waals surface area contributed by atoms with E-state index in [0.717, 1.165) is 31.2 Å². The van der Waals surface area contributed by atoms with Crippen molar-refractivity contribution in [1.82, 2.24) is 0 Å². The number of carboxylic acids is 1. The molecule has 1 aromatic rings. The molecule has 0 radical (unpaired) electrons. The van der Waals surface area contributed by atoms with Crippen LogP contribution >= 0.6 is 0 Å². The average Bonchev–Trinajstić information content (AvgIpc) is 2.94. The molecule has 4 nitrogen and oxygen atoms in total. The summed E-state index contributed by atoms with van der Waals surface area (Å²) in [4.78, 5) is 22.3. The molecule has 39 heavy (non-hydrogen) atoms. The molecular formula is C35H60O4. The van der Waals surface area contributed by atoms with E-state index >= 15 is 0 Å². The van der Waals surface area contributed by atoms with E-state index in [1.165, 1.54) is 128 Å². The lowest BCUT2D eigenvalue weighted by Gasteiger charge is -2.05. The highest BCUT2D eigenvalue weighted by molar-refractivity contribution is 5.69. The van der Waals surface area contributed by atoms with E-state index in [1.54, 1.807) is 0 Å². The van der Waals surface area contributed by atoms with E-state index in [2.05, 4.69) is 0 Å². The predicted octanol–water partition coefficient (Wildman–Crippen LogP) is 11.0. The maximum atomic E-state index is 11.8. The minimum absolute atomic E-state index is 0.0685. The lowest BCUT2D eigenvalue weighted by molar-refractivity contribution is -0.145. The van der Waals surface area contributed by atoms with Gasteiger partial charge >= 0.3 is 11.9 Å². The van der Waals surface area contributed by atoms with Crippen molar-refractivity contribution in [3.63, 3.8) is 0 Å². The number of aliphatic carboxylic acids is 1. The first kappa shape index (κ1) is 35.2.